The Morgan fingerprint density at radius 2 is 0.852 bits per heavy atom. The Kier molecular flexibility index (Phi) is 5.25. The Balaban J connectivity index is 2.15. The number of hydrogen-bond acceptors (Lipinski definition) is 1. The fraction of sp³-hybridized carbons (Fsp3) is 0. The summed E-state index contributed by atoms with van der Waals surface area (Å²) in [5, 5.41) is 4.30. The van der Waals surface area contributed by atoms with Gasteiger partial charge in [-0.3, -0.25) is 4.74 Å². The van der Waals surface area contributed by atoms with E-state index < -0.39 is 7.05 Å². The first-order chi connectivity index (χ1) is 13.3. The average Bonchev–Trinajstić information content (AvgIpc) is 2.75. The summed E-state index contributed by atoms with van der Waals surface area (Å²) in [6, 6.07) is 39.5. The molecule has 0 saturated carbocycles. The molecule has 0 amide bonds. The maximum Gasteiger partial charge on any atom is 0.0811 e. The molecule has 1 nitrogen and oxygen atoms in total. The molecule has 4 aromatic carbocycles. The molecule has 27 heavy (non-hydrogen) atoms. The van der Waals surface area contributed by atoms with Crippen LogP contribution in [0.1, 0.15) is 0 Å². The summed E-state index contributed by atoms with van der Waals surface area (Å²) in [5.74, 6) is 0. The van der Waals surface area contributed by atoms with Crippen molar-refractivity contribution in [2.24, 2.45) is 4.74 Å². The summed E-state index contributed by atoms with van der Waals surface area (Å²) in [5.41, 5.74) is 0.823. The summed E-state index contributed by atoms with van der Waals surface area (Å²) >= 11 is 6.52. The van der Waals surface area contributed by atoms with Gasteiger partial charge in [0.1, 0.15) is 0 Å². The number of hydrogen-bond donors (Lipinski definition) is 0. The first kappa shape index (κ1) is 17.8. The second kappa shape index (κ2) is 7.96. The topological polar surface area (TPSA) is 12.4 Å². The predicted molar refractivity (Wildman–Crippen MR) is 119 cm³/mol. The number of rotatable bonds is 4. The molecule has 132 valence electrons. The van der Waals surface area contributed by atoms with Crippen molar-refractivity contribution in [3.05, 3.63) is 120 Å². The molecule has 4 aromatic rings. The van der Waals surface area contributed by atoms with Crippen LogP contribution in [0.2, 0.25) is 5.02 Å². The quantitative estimate of drug-likeness (QED) is 0.372. The Bertz CT molecular complexity index is 973. The second-order valence-electron chi connectivity index (χ2n) is 6.19. The summed E-state index contributed by atoms with van der Waals surface area (Å²) < 4.78 is 5.38. The van der Waals surface area contributed by atoms with Gasteiger partial charge in [-0.2, -0.15) is 0 Å². The molecule has 0 aliphatic rings. The molecule has 0 atom stereocenters. The highest BCUT2D eigenvalue weighted by atomic mass is 35.5. The van der Waals surface area contributed by atoms with Crippen LogP contribution >= 0.6 is 18.7 Å². The monoisotopic (exact) mass is 387 g/mol. The molecule has 0 saturated heterocycles. The molecule has 0 fully saturated rings. The van der Waals surface area contributed by atoms with Crippen LogP contribution < -0.4 is 15.9 Å². The molecule has 0 radical (unpaired) electrons. The molecule has 0 aliphatic heterocycles. The van der Waals surface area contributed by atoms with Gasteiger partial charge in [0.05, 0.1) is 17.8 Å². The van der Waals surface area contributed by atoms with Crippen LogP contribution in [0.5, 0.6) is 0 Å². The molecular weight excluding hydrogens is 369 g/mol. The molecule has 0 spiro atoms. The molecule has 0 aliphatic carbocycles. The molecule has 4 rings (SSSR count). The summed E-state index contributed by atoms with van der Waals surface area (Å²) in [6.07, 6.45) is 0. The lowest BCUT2D eigenvalue weighted by atomic mass is 10.3. The molecule has 3 heteroatoms. The van der Waals surface area contributed by atoms with Gasteiger partial charge in [-0.1, -0.05) is 115 Å². The van der Waals surface area contributed by atoms with Crippen LogP contribution in [0.15, 0.2) is 120 Å². The van der Waals surface area contributed by atoms with Crippen LogP contribution in [0, 0.1) is 0 Å². The number of halogens is 1. The molecule has 0 heterocycles. The van der Waals surface area contributed by atoms with Crippen LogP contribution in [0.4, 0.5) is 5.69 Å². The lowest BCUT2D eigenvalue weighted by Crippen LogP contribution is -2.25. The normalized spacial score (nSPS) is 11.1. The van der Waals surface area contributed by atoms with Crippen LogP contribution in [-0.4, -0.2) is 0 Å². The molecule has 0 N–H and O–H groups in total. The van der Waals surface area contributed by atoms with E-state index in [1.807, 2.05) is 42.5 Å². The van der Waals surface area contributed by atoms with E-state index in [9.17, 15) is 0 Å². The van der Waals surface area contributed by atoms with E-state index in [2.05, 4.69) is 72.8 Å². The van der Waals surface area contributed by atoms with E-state index in [1.54, 1.807) is 0 Å². The number of nitrogens with zero attached hydrogens (tertiary/aromatic N) is 1. The van der Waals surface area contributed by atoms with Gasteiger partial charge in [-0.25, -0.2) is 0 Å². The van der Waals surface area contributed by atoms with E-state index in [4.69, 9.17) is 16.3 Å². The summed E-state index contributed by atoms with van der Waals surface area (Å²) in [6.45, 7) is 0. The van der Waals surface area contributed by atoms with Gasteiger partial charge >= 0.3 is 0 Å². The third kappa shape index (κ3) is 3.49. The fourth-order valence-electron chi connectivity index (χ4n) is 3.25. The highest BCUT2D eigenvalue weighted by molar-refractivity contribution is 7.87. The van der Waals surface area contributed by atoms with Crippen LogP contribution in [0.3, 0.4) is 0 Å². The molecular formula is C24H19ClNP. The van der Waals surface area contributed by atoms with Gasteiger partial charge < -0.3 is 0 Å². The van der Waals surface area contributed by atoms with E-state index in [1.165, 1.54) is 15.9 Å². The molecule has 0 bridgehead atoms. The van der Waals surface area contributed by atoms with E-state index in [0.717, 1.165) is 5.69 Å². The standard InChI is InChI=1S/C24H19ClNP/c25-23-18-10-11-19-24(23)26-27(20-12-4-1-5-13-20,21-14-6-2-7-15-21)22-16-8-3-9-17-22/h1-19H. The third-order valence-electron chi connectivity index (χ3n) is 4.50. The minimum Gasteiger partial charge on any atom is -0.252 e. The Labute approximate surface area is 165 Å². The van der Waals surface area contributed by atoms with Gasteiger partial charge in [0.2, 0.25) is 0 Å². The summed E-state index contributed by atoms with van der Waals surface area (Å²) in [7, 11) is -2.26. The van der Waals surface area contributed by atoms with Crippen molar-refractivity contribution < 1.29 is 0 Å². The van der Waals surface area contributed by atoms with Crippen LogP contribution in [0.25, 0.3) is 0 Å². The Hall–Kier alpha value is -2.60. The van der Waals surface area contributed by atoms with Gasteiger partial charge in [0.15, 0.2) is 0 Å². The van der Waals surface area contributed by atoms with Crippen molar-refractivity contribution in [1.82, 2.24) is 0 Å². The zero-order valence-electron chi connectivity index (χ0n) is 14.7. The minimum absolute atomic E-state index is 0.671. The highest BCUT2D eigenvalue weighted by Gasteiger charge is 2.27. The van der Waals surface area contributed by atoms with E-state index in [0.29, 0.717) is 5.02 Å². The average molecular weight is 388 g/mol. The lowest BCUT2D eigenvalue weighted by Gasteiger charge is -2.27. The number of benzene rings is 4. The van der Waals surface area contributed by atoms with Crippen molar-refractivity contribution in [1.29, 1.82) is 0 Å². The van der Waals surface area contributed by atoms with Crippen molar-refractivity contribution in [3.63, 3.8) is 0 Å². The zero-order valence-corrected chi connectivity index (χ0v) is 16.4. The van der Waals surface area contributed by atoms with Crippen LogP contribution in [-0.2, 0) is 0 Å². The fourth-order valence-corrected chi connectivity index (χ4v) is 7.03. The van der Waals surface area contributed by atoms with E-state index in [-0.39, 0.29) is 0 Å². The summed E-state index contributed by atoms with van der Waals surface area (Å²) in [4.78, 5) is 0. The smallest absolute Gasteiger partial charge is 0.0811 e. The maximum absolute atomic E-state index is 6.52. The molecule has 0 unspecified atom stereocenters. The lowest BCUT2D eigenvalue weighted by molar-refractivity contribution is 1.55. The second-order valence-corrected chi connectivity index (χ2v) is 9.62. The first-order valence-corrected chi connectivity index (χ1v) is 11.0. The van der Waals surface area contributed by atoms with Gasteiger partial charge in [-0.05, 0) is 12.1 Å². The SMILES string of the molecule is Clc1ccccc1N=P(c1ccccc1)(c1ccccc1)c1ccccc1. The van der Waals surface area contributed by atoms with E-state index >= 15 is 0 Å². The van der Waals surface area contributed by atoms with Crippen molar-refractivity contribution in [3.8, 4) is 0 Å². The zero-order chi connectivity index (χ0) is 18.5. The largest absolute Gasteiger partial charge is 0.252 e. The van der Waals surface area contributed by atoms with Gasteiger partial charge in [-0.15, -0.1) is 0 Å². The van der Waals surface area contributed by atoms with Gasteiger partial charge in [0, 0.05) is 15.9 Å². The third-order valence-corrected chi connectivity index (χ3v) is 8.47. The Morgan fingerprint density at radius 1 is 0.481 bits per heavy atom. The maximum atomic E-state index is 6.52. The first-order valence-electron chi connectivity index (χ1n) is 8.84. The predicted octanol–water partition coefficient (Wildman–Crippen LogP) is 6.15. The highest BCUT2D eigenvalue weighted by Crippen LogP contribution is 2.50. The molecule has 0 aromatic heterocycles. The Morgan fingerprint density at radius 3 is 1.26 bits per heavy atom. The van der Waals surface area contributed by atoms with Crippen molar-refractivity contribution >= 4 is 40.3 Å². The van der Waals surface area contributed by atoms with Crippen molar-refractivity contribution in [2.75, 3.05) is 0 Å². The van der Waals surface area contributed by atoms with Crippen molar-refractivity contribution in [2.45, 2.75) is 0 Å². The minimum atomic E-state index is -2.26. The van der Waals surface area contributed by atoms with Gasteiger partial charge in [0.25, 0.3) is 0 Å².